The van der Waals surface area contributed by atoms with Crippen LogP contribution in [-0.4, -0.2) is 52.5 Å². The molecule has 13 heteroatoms. The number of aromatic nitrogens is 3. The number of amides is 1. The Morgan fingerprint density at radius 1 is 1.24 bits per heavy atom. The highest BCUT2D eigenvalue weighted by Crippen LogP contribution is 2.41. The number of methoxy groups -OCH3 is 1. The molecule has 1 atom stereocenters. The second kappa shape index (κ2) is 9.66. The third-order valence-electron chi connectivity index (χ3n) is 6.53. The van der Waals surface area contributed by atoms with Crippen molar-refractivity contribution in [2.45, 2.75) is 62.7 Å². The lowest BCUT2D eigenvalue weighted by Crippen LogP contribution is -2.49. The Balaban J connectivity index is 1.86. The van der Waals surface area contributed by atoms with Gasteiger partial charge in [0.25, 0.3) is 10.0 Å². The van der Waals surface area contributed by atoms with E-state index in [0.29, 0.717) is 29.4 Å². The Hall–Kier alpha value is -3.66. The monoisotopic (exact) mass is 535 g/mol. The highest BCUT2D eigenvalue weighted by molar-refractivity contribution is 7.89. The summed E-state index contributed by atoms with van der Waals surface area (Å²) in [5.41, 5.74) is 1.51. The smallest absolute Gasteiger partial charge is 0.409 e. The van der Waals surface area contributed by atoms with E-state index in [9.17, 15) is 31.6 Å². The Morgan fingerprint density at radius 2 is 1.92 bits per heavy atom. The SMILES string of the molecule is COc1cnc2c(c1)c(C#N)c(-c1ccc(S(=O)(=O)N(C(C)=O)[C@@H](C)C(F)(F)F)cn1)n2C1CCCC1. The molecule has 196 valence electrons. The number of pyridine rings is 2. The average Bonchev–Trinajstić information content (AvgIpc) is 3.48. The summed E-state index contributed by atoms with van der Waals surface area (Å²) >= 11 is 0. The highest BCUT2D eigenvalue weighted by Gasteiger charge is 2.46. The maximum absolute atomic E-state index is 13.3. The zero-order valence-electron chi connectivity index (χ0n) is 20.3. The van der Waals surface area contributed by atoms with Gasteiger partial charge in [0, 0.05) is 24.5 Å². The van der Waals surface area contributed by atoms with Crippen LogP contribution in [0.5, 0.6) is 5.75 Å². The predicted molar refractivity (Wildman–Crippen MR) is 127 cm³/mol. The highest BCUT2D eigenvalue weighted by atomic mass is 32.2. The van der Waals surface area contributed by atoms with Gasteiger partial charge >= 0.3 is 6.18 Å². The molecule has 3 aromatic rings. The number of halogens is 3. The number of nitriles is 1. The summed E-state index contributed by atoms with van der Waals surface area (Å²) in [6.07, 6.45) is 1.17. The Kier molecular flexibility index (Phi) is 6.89. The minimum atomic E-state index is -4.95. The molecule has 1 aliphatic rings. The minimum Gasteiger partial charge on any atom is -0.495 e. The van der Waals surface area contributed by atoms with Crippen LogP contribution < -0.4 is 4.74 Å². The summed E-state index contributed by atoms with van der Waals surface area (Å²) in [4.78, 5) is 20.1. The van der Waals surface area contributed by atoms with Crippen LogP contribution in [0.25, 0.3) is 22.4 Å². The minimum absolute atomic E-state index is 0.0338. The van der Waals surface area contributed by atoms with Crippen molar-refractivity contribution >= 4 is 27.0 Å². The van der Waals surface area contributed by atoms with Gasteiger partial charge in [-0.3, -0.25) is 9.78 Å². The van der Waals surface area contributed by atoms with Crippen molar-refractivity contribution in [3.05, 3.63) is 36.2 Å². The van der Waals surface area contributed by atoms with E-state index in [2.05, 4.69) is 16.0 Å². The largest absolute Gasteiger partial charge is 0.495 e. The number of nitrogens with zero attached hydrogens (tertiary/aromatic N) is 5. The van der Waals surface area contributed by atoms with Crippen LogP contribution in [0.15, 0.2) is 35.5 Å². The van der Waals surface area contributed by atoms with Crippen molar-refractivity contribution in [2.24, 2.45) is 0 Å². The lowest BCUT2D eigenvalue weighted by atomic mass is 10.1. The fourth-order valence-corrected chi connectivity index (χ4v) is 6.26. The van der Waals surface area contributed by atoms with Gasteiger partial charge in [0.05, 0.1) is 30.3 Å². The molecule has 0 unspecified atom stereocenters. The van der Waals surface area contributed by atoms with Crippen LogP contribution in [0.1, 0.15) is 51.1 Å². The maximum atomic E-state index is 13.3. The van der Waals surface area contributed by atoms with Gasteiger partial charge in [-0.05, 0) is 38.0 Å². The summed E-state index contributed by atoms with van der Waals surface area (Å²) in [5.74, 6) is -0.821. The van der Waals surface area contributed by atoms with Crippen molar-refractivity contribution < 1.29 is 31.1 Å². The second-order valence-electron chi connectivity index (χ2n) is 8.81. The molecule has 1 aliphatic carbocycles. The fraction of sp³-hybridized carbons (Fsp3) is 0.417. The number of alkyl halides is 3. The van der Waals surface area contributed by atoms with Crippen LogP contribution >= 0.6 is 0 Å². The molecule has 37 heavy (non-hydrogen) atoms. The topological polar surface area (TPSA) is 118 Å². The van der Waals surface area contributed by atoms with Crippen LogP contribution in [0.4, 0.5) is 13.2 Å². The summed E-state index contributed by atoms with van der Waals surface area (Å²) in [5, 5.41) is 10.6. The number of carbonyl (C=O) groups excluding carboxylic acids is 1. The first-order valence-electron chi connectivity index (χ1n) is 11.5. The van der Waals surface area contributed by atoms with Crippen molar-refractivity contribution in [3.63, 3.8) is 0 Å². The molecule has 4 rings (SSSR count). The van der Waals surface area contributed by atoms with Gasteiger partial charge in [-0.2, -0.15) is 18.4 Å². The van der Waals surface area contributed by atoms with E-state index in [1.165, 1.54) is 13.2 Å². The number of hydrogen-bond acceptors (Lipinski definition) is 7. The number of hydrogen-bond donors (Lipinski definition) is 0. The van der Waals surface area contributed by atoms with E-state index in [0.717, 1.165) is 44.9 Å². The summed E-state index contributed by atoms with van der Waals surface area (Å²) in [6.45, 7) is 1.35. The van der Waals surface area contributed by atoms with E-state index in [4.69, 9.17) is 4.74 Å². The van der Waals surface area contributed by atoms with E-state index in [1.54, 1.807) is 12.3 Å². The van der Waals surface area contributed by atoms with Gasteiger partial charge in [0.2, 0.25) is 5.91 Å². The first kappa shape index (κ1) is 26.4. The van der Waals surface area contributed by atoms with Crippen molar-refractivity contribution in [1.29, 1.82) is 5.26 Å². The molecule has 0 bridgehead atoms. The Bertz CT molecular complexity index is 1490. The standard InChI is InChI=1S/C24H24F3N5O4S/c1-14(24(25,26)27)32(15(2)33)37(34,35)18-8-9-21(29-13-18)22-20(11-28)19-10-17(36-3)12-30-23(19)31(22)16-6-4-5-7-16/h8-10,12-14,16H,4-7H2,1-3H3/t14-/m0/s1. The lowest BCUT2D eigenvalue weighted by Gasteiger charge is -2.28. The van der Waals surface area contributed by atoms with Gasteiger partial charge in [0.15, 0.2) is 0 Å². The van der Waals surface area contributed by atoms with Gasteiger partial charge < -0.3 is 9.30 Å². The zero-order chi connectivity index (χ0) is 27.1. The molecule has 0 saturated heterocycles. The van der Waals surface area contributed by atoms with E-state index in [1.807, 2.05) is 4.57 Å². The first-order valence-corrected chi connectivity index (χ1v) is 12.9. The normalized spacial score (nSPS) is 15.5. The molecular formula is C24H24F3N5O4S. The van der Waals surface area contributed by atoms with Crippen LogP contribution in [0.2, 0.25) is 0 Å². The molecule has 3 aromatic heterocycles. The third kappa shape index (κ3) is 4.61. The van der Waals surface area contributed by atoms with Gasteiger partial charge in [-0.25, -0.2) is 17.7 Å². The zero-order valence-corrected chi connectivity index (χ0v) is 21.1. The number of sulfonamides is 1. The summed E-state index contributed by atoms with van der Waals surface area (Å²) < 4.78 is 72.9. The number of fused-ring (bicyclic) bond motifs is 1. The quantitative estimate of drug-likeness (QED) is 0.453. The van der Waals surface area contributed by atoms with Crippen molar-refractivity contribution in [2.75, 3.05) is 7.11 Å². The molecular weight excluding hydrogens is 511 g/mol. The fourth-order valence-electron chi connectivity index (χ4n) is 4.73. The van der Waals surface area contributed by atoms with Gasteiger partial charge in [-0.1, -0.05) is 12.8 Å². The predicted octanol–water partition coefficient (Wildman–Crippen LogP) is 4.58. The molecule has 0 N–H and O–H groups in total. The summed E-state index contributed by atoms with van der Waals surface area (Å²) in [6, 6.07) is 3.76. The maximum Gasteiger partial charge on any atom is 0.409 e. The van der Waals surface area contributed by atoms with E-state index >= 15 is 0 Å². The lowest BCUT2D eigenvalue weighted by molar-refractivity contribution is -0.173. The van der Waals surface area contributed by atoms with Crippen LogP contribution in [0, 0.1) is 11.3 Å². The Labute approximate surface area is 211 Å². The molecule has 0 aromatic carbocycles. The van der Waals surface area contributed by atoms with Crippen LogP contribution in [-0.2, 0) is 14.8 Å². The van der Waals surface area contributed by atoms with E-state index in [-0.39, 0.29) is 21.6 Å². The van der Waals surface area contributed by atoms with E-state index < -0.39 is 33.0 Å². The molecule has 0 spiro atoms. The van der Waals surface area contributed by atoms with Gasteiger partial charge in [-0.15, -0.1) is 0 Å². The third-order valence-corrected chi connectivity index (χ3v) is 8.45. The molecule has 1 saturated carbocycles. The molecule has 0 radical (unpaired) electrons. The number of ether oxygens (including phenoxy) is 1. The molecule has 0 aliphatic heterocycles. The average molecular weight is 536 g/mol. The second-order valence-corrected chi connectivity index (χ2v) is 10.6. The summed E-state index contributed by atoms with van der Waals surface area (Å²) in [7, 11) is -3.38. The Morgan fingerprint density at radius 3 is 2.43 bits per heavy atom. The van der Waals surface area contributed by atoms with Crippen LogP contribution in [0.3, 0.4) is 0 Å². The van der Waals surface area contributed by atoms with Crippen molar-refractivity contribution in [1.82, 2.24) is 18.8 Å². The van der Waals surface area contributed by atoms with Gasteiger partial charge in [0.1, 0.15) is 28.4 Å². The first-order chi connectivity index (χ1) is 17.4. The number of rotatable bonds is 6. The molecule has 9 nitrogen and oxygen atoms in total. The molecule has 1 amide bonds. The van der Waals surface area contributed by atoms with Crippen molar-refractivity contribution in [3.8, 4) is 23.2 Å². The molecule has 3 heterocycles. The number of carbonyl (C=O) groups is 1. The molecule has 1 fully saturated rings.